The van der Waals surface area contributed by atoms with Crippen molar-refractivity contribution in [3.05, 3.63) is 12.2 Å². The van der Waals surface area contributed by atoms with Crippen molar-refractivity contribution in [3.63, 3.8) is 0 Å². The van der Waals surface area contributed by atoms with Gasteiger partial charge in [0.2, 0.25) is 5.91 Å². The fraction of sp³-hybridized carbons (Fsp3) is 0.750. The monoisotopic (exact) mass is 195 g/mol. The lowest BCUT2D eigenvalue weighted by Gasteiger charge is -2.14. The molecule has 0 unspecified atom stereocenters. The molecule has 1 amide bonds. The highest BCUT2D eigenvalue weighted by atomic mass is 16.1. The van der Waals surface area contributed by atoms with Gasteiger partial charge in [0.05, 0.1) is 0 Å². The largest absolute Gasteiger partial charge is 0.350 e. The Morgan fingerprint density at radius 3 is 2.50 bits per heavy atom. The molecule has 2 nitrogen and oxygen atoms in total. The molecule has 1 aliphatic carbocycles. The zero-order valence-corrected chi connectivity index (χ0v) is 9.09. The van der Waals surface area contributed by atoms with Crippen LogP contribution in [-0.2, 0) is 4.79 Å². The lowest BCUT2D eigenvalue weighted by molar-refractivity contribution is -0.117. The summed E-state index contributed by atoms with van der Waals surface area (Å²) >= 11 is 0. The molecule has 0 aromatic rings. The van der Waals surface area contributed by atoms with Crippen LogP contribution in [0.1, 0.15) is 51.9 Å². The van der Waals surface area contributed by atoms with Crippen LogP contribution in [0, 0.1) is 0 Å². The fourth-order valence-electron chi connectivity index (χ4n) is 1.90. The van der Waals surface area contributed by atoms with Gasteiger partial charge in [0.25, 0.3) is 0 Å². The maximum absolute atomic E-state index is 11.4. The van der Waals surface area contributed by atoms with E-state index >= 15 is 0 Å². The fourth-order valence-corrected chi connectivity index (χ4v) is 1.90. The summed E-state index contributed by atoms with van der Waals surface area (Å²) in [6.07, 6.45) is 12.0. The molecule has 14 heavy (non-hydrogen) atoms. The average Bonchev–Trinajstić information content (AvgIpc) is 2.43. The molecule has 1 aliphatic rings. The maximum Gasteiger partial charge on any atom is 0.243 e. The van der Waals surface area contributed by atoms with E-state index in [-0.39, 0.29) is 5.91 Å². The third-order valence-corrected chi connectivity index (χ3v) is 2.71. The minimum absolute atomic E-state index is 0.0822. The molecular formula is C12H21NO. The number of allylic oxidation sites excluding steroid dienone is 1. The van der Waals surface area contributed by atoms with Crippen LogP contribution >= 0.6 is 0 Å². The Labute approximate surface area is 86.8 Å². The van der Waals surface area contributed by atoms with Crippen molar-refractivity contribution in [1.29, 1.82) is 0 Å². The second-order valence-electron chi connectivity index (χ2n) is 4.01. The Morgan fingerprint density at radius 2 is 1.93 bits per heavy atom. The minimum atomic E-state index is 0.0822. The van der Waals surface area contributed by atoms with Crippen molar-refractivity contribution in [2.75, 3.05) is 0 Å². The number of amides is 1. The Kier molecular flexibility index (Phi) is 5.35. The first-order chi connectivity index (χ1) is 6.83. The summed E-state index contributed by atoms with van der Waals surface area (Å²) in [6, 6.07) is 0.423. The van der Waals surface area contributed by atoms with Gasteiger partial charge in [-0.2, -0.15) is 0 Å². The summed E-state index contributed by atoms with van der Waals surface area (Å²) in [5.41, 5.74) is 0. The molecule has 1 N–H and O–H groups in total. The predicted molar refractivity (Wildman–Crippen MR) is 59.1 cm³/mol. The van der Waals surface area contributed by atoms with Gasteiger partial charge >= 0.3 is 0 Å². The van der Waals surface area contributed by atoms with E-state index in [4.69, 9.17) is 0 Å². The van der Waals surface area contributed by atoms with Gasteiger partial charge < -0.3 is 5.32 Å². The number of hydrogen-bond acceptors (Lipinski definition) is 1. The van der Waals surface area contributed by atoms with E-state index < -0.39 is 0 Å². The van der Waals surface area contributed by atoms with Gasteiger partial charge in [0, 0.05) is 6.04 Å². The van der Waals surface area contributed by atoms with Crippen LogP contribution in [0.2, 0.25) is 0 Å². The molecule has 0 heterocycles. The van der Waals surface area contributed by atoms with Crippen LogP contribution in [-0.4, -0.2) is 11.9 Å². The Morgan fingerprint density at radius 1 is 1.29 bits per heavy atom. The zero-order chi connectivity index (χ0) is 10.2. The molecule has 1 rings (SSSR count). The number of carbonyl (C=O) groups is 1. The summed E-state index contributed by atoms with van der Waals surface area (Å²) in [7, 11) is 0. The first-order valence-electron chi connectivity index (χ1n) is 5.80. The highest BCUT2D eigenvalue weighted by Gasteiger charge is 2.12. The minimum Gasteiger partial charge on any atom is -0.350 e. The highest BCUT2D eigenvalue weighted by Crippen LogP contribution is 2.16. The first-order valence-corrected chi connectivity index (χ1v) is 5.80. The van der Waals surface area contributed by atoms with E-state index in [1.54, 1.807) is 6.08 Å². The van der Waals surface area contributed by atoms with Gasteiger partial charge in [-0.05, 0) is 25.3 Å². The van der Waals surface area contributed by atoms with Crippen LogP contribution in [0.3, 0.4) is 0 Å². The van der Waals surface area contributed by atoms with Gasteiger partial charge in [0.1, 0.15) is 0 Å². The van der Waals surface area contributed by atoms with Gasteiger partial charge in [-0.15, -0.1) is 0 Å². The van der Waals surface area contributed by atoms with Crippen molar-refractivity contribution in [2.45, 2.75) is 57.9 Å². The van der Waals surface area contributed by atoms with E-state index in [1.165, 1.54) is 25.7 Å². The summed E-state index contributed by atoms with van der Waals surface area (Å²) < 4.78 is 0. The molecule has 2 heteroatoms. The predicted octanol–water partition coefficient (Wildman–Crippen LogP) is 2.79. The molecule has 1 fully saturated rings. The van der Waals surface area contributed by atoms with Gasteiger partial charge in [-0.3, -0.25) is 4.79 Å². The number of nitrogens with one attached hydrogen (secondary N) is 1. The van der Waals surface area contributed by atoms with Crippen LogP contribution < -0.4 is 5.32 Å². The van der Waals surface area contributed by atoms with Crippen LogP contribution in [0.4, 0.5) is 0 Å². The lowest BCUT2D eigenvalue weighted by atomic mass is 10.1. The Hall–Kier alpha value is -0.790. The molecule has 0 spiro atoms. The van der Waals surface area contributed by atoms with Crippen LogP contribution in [0.15, 0.2) is 12.2 Å². The van der Waals surface area contributed by atoms with E-state index in [0.717, 1.165) is 19.3 Å². The third kappa shape index (κ3) is 4.45. The first kappa shape index (κ1) is 11.3. The maximum atomic E-state index is 11.4. The standard InChI is InChI=1S/C12H21NO/c1-2-3-10-12(14)13-11-8-6-4-5-7-9-11/h3,10-11H,2,4-9H2,1H3,(H,13,14)/b10-3+. The van der Waals surface area contributed by atoms with Crippen molar-refractivity contribution >= 4 is 5.91 Å². The molecule has 0 bridgehead atoms. The molecule has 0 saturated heterocycles. The number of hydrogen-bond donors (Lipinski definition) is 1. The number of carbonyl (C=O) groups excluding carboxylic acids is 1. The quantitative estimate of drug-likeness (QED) is 0.544. The topological polar surface area (TPSA) is 29.1 Å². The molecule has 0 aliphatic heterocycles. The second-order valence-corrected chi connectivity index (χ2v) is 4.01. The van der Waals surface area contributed by atoms with Gasteiger partial charge in [-0.1, -0.05) is 38.7 Å². The summed E-state index contributed by atoms with van der Waals surface area (Å²) in [5, 5.41) is 3.07. The van der Waals surface area contributed by atoms with Gasteiger partial charge in [0.15, 0.2) is 0 Å². The highest BCUT2D eigenvalue weighted by molar-refractivity contribution is 5.87. The van der Waals surface area contributed by atoms with Crippen LogP contribution in [0.25, 0.3) is 0 Å². The molecule has 0 atom stereocenters. The molecule has 0 aromatic carbocycles. The lowest BCUT2D eigenvalue weighted by Crippen LogP contribution is -2.33. The summed E-state index contributed by atoms with van der Waals surface area (Å²) in [4.78, 5) is 11.4. The van der Waals surface area contributed by atoms with Crippen molar-refractivity contribution in [1.82, 2.24) is 5.32 Å². The second kappa shape index (κ2) is 6.63. The summed E-state index contributed by atoms with van der Waals surface area (Å²) in [5.74, 6) is 0.0822. The molecule has 0 radical (unpaired) electrons. The van der Waals surface area contributed by atoms with Crippen molar-refractivity contribution in [2.24, 2.45) is 0 Å². The van der Waals surface area contributed by atoms with E-state index in [1.807, 2.05) is 13.0 Å². The molecule has 1 saturated carbocycles. The summed E-state index contributed by atoms with van der Waals surface area (Å²) in [6.45, 7) is 2.04. The van der Waals surface area contributed by atoms with E-state index in [9.17, 15) is 4.79 Å². The Bertz CT molecular complexity index is 190. The van der Waals surface area contributed by atoms with Gasteiger partial charge in [-0.25, -0.2) is 0 Å². The molecular weight excluding hydrogens is 174 g/mol. The van der Waals surface area contributed by atoms with Crippen molar-refractivity contribution < 1.29 is 4.79 Å². The Balaban J connectivity index is 2.27. The third-order valence-electron chi connectivity index (χ3n) is 2.71. The van der Waals surface area contributed by atoms with Crippen molar-refractivity contribution in [3.8, 4) is 0 Å². The number of rotatable bonds is 3. The molecule has 0 aromatic heterocycles. The van der Waals surface area contributed by atoms with E-state index in [0.29, 0.717) is 6.04 Å². The average molecular weight is 195 g/mol. The molecule has 80 valence electrons. The van der Waals surface area contributed by atoms with Crippen LogP contribution in [0.5, 0.6) is 0 Å². The SMILES string of the molecule is CC/C=C/C(=O)NC1CCCCCC1. The smallest absolute Gasteiger partial charge is 0.243 e. The van der Waals surface area contributed by atoms with E-state index in [2.05, 4.69) is 5.32 Å². The zero-order valence-electron chi connectivity index (χ0n) is 9.09. The normalized spacial score (nSPS) is 19.5.